The van der Waals surface area contributed by atoms with E-state index in [1.165, 1.54) is 21.3 Å². The summed E-state index contributed by atoms with van der Waals surface area (Å²) in [5.74, 6) is -2.53. The van der Waals surface area contributed by atoms with Crippen molar-refractivity contribution in [3.63, 3.8) is 0 Å². The minimum absolute atomic E-state index is 0.606. The number of nitrogens with zero attached hydrogens (tertiary/aromatic N) is 1. The molecule has 94 valence electrons. The predicted octanol–water partition coefficient (Wildman–Crippen LogP) is -1.88. The zero-order valence-corrected chi connectivity index (χ0v) is 9.49. The highest BCUT2D eigenvalue weighted by molar-refractivity contribution is 6.06. The van der Waals surface area contributed by atoms with Gasteiger partial charge in [-0.05, 0) is 0 Å². The zero-order valence-electron chi connectivity index (χ0n) is 9.49. The maximum absolute atomic E-state index is 11.9. The molecule has 0 aromatic heterocycles. The van der Waals surface area contributed by atoms with Crippen LogP contribution in [0.5, 0.6) is 0 Å². The smallest absolute Gasteiger partial charge is 0.325 e. The molecular weight excluding hydrogens is 232 g/mol. The van der Waals surface area contributed by atoms with Crippen molar-refractivity contribution in [3.05, 3.63) is 0 Å². The van der Waals surface area contributed by atoms with E-state index in [1.54, 1.807) is 0 Å². The molecule has 0 bridgehead atoms. The number of imide groups is 1. The van der Waals surface area contributed by atoms with E-state index in [2.05, 4.69) is 10.6 Å². The van der Waals surface area contributed by atoms with E-state index in [1.807, 2.05) is 5.32 Å². The number of nitrogens with one attached hydrogen (secondary N) is 3. The van der Waals surface area contributed by atoms with Crippen molar-refractivity contribution in [1.29, 1.82) is 0 Å². The highest BCUT2D eigenvalue weighted by atomic mass is 16.6. The standard InChI is InChI=1S/C8H12N4O5/c1-12-6(15)11-8(17-3)7(12,16-2)4(13)9-5(14)10-8/h1-3H3,(H,11,15)(H2,9,10,13,14). The number of methoxy groups -OCH3 is 2. The Labute approximate surface area is 96.4 Å². The fraction of sp³-hybridized carbons (Fsp3) is 0.625. The first kappa shape index (κ1) is 11.6. The van der Waals surface area contributed by atoms with Crippen LogP contribution in [0.2, 0.25) is 0 Å². The van der Waals surface area contributed by atoms with Gasteiger partial charge in [0, 0.05) is 21.3 Å². The van der Waals surface area contributed by atoms with Crippen LogP contribution in [0.25, 0.3) is 0 Å². The van der Waals surface area contributed by atoms with Crippen LogP contribution in [0, 0.1) is 0 Å². The third-order valence-electron chi connectivity index (χ3n) is 2.96. The maximum atomic E-state index is 11.9. The van der Waals surface area contributed by atoms with Crippen LogP contribution in [-0.2, 0) is 14.3 Å². The van der Waals surface area contributed by atoms with Crippen LogP contribution in [0.1, 0.15) is 0 Å². The fourth-order valence-electron chi connectivity index (χ4n) is 2.12. The van der Waals surface area contributed by atoms with Gasteiger partial charge >= 0.3 is 12.1 Å². The fourth-order valence-corrected chi connectivity index (χ4v) is 2.12. The number of likely N-dealkylation sites (N-methyl/N-ethyl adjacent to an activating group) is 1. The molecule has 2 fully saturated rings. The molecule has 2 saturated heterocycles. The molecule has 2 heterocycles. The lowest BCUT2D eigenvalue weighted by Gasteiger charge is -2.45. The molecule has 0 spiro atoms. The van der Waals surface area contributed by atoms with Crippen molar-refractivity contribution in [2.75, 3.05) is 21.3 Å². The van der Waals surface area contributed by atoms with E-state index in [-0.39, 0.29) is 0 Å². The molecular formula is C8H12N4O5. The van der Waals surface area contributed by atoms with E-state index in [4.69, 9.17) is 9.47 Å². The summed E-state index contributed by atoms with van der Waals surface area (Å²) in [6, 6.07) is -1.38. The Morgan fingerprint density at radius 3 is 2.29 bits per heavy atom. The van der Waals surface area contributed by atoms with Gasteiger partial charge in [-0.25, -0.2) is 9.59 Å². The molecule has 2 aliphatic heterocycles. The Balaban J connectivity index is 2.60. The number of fused-ring (bicyclic) bond motifs is 1. The Hall–Kier alpha value is -1.87. The SMILES string of the molecule is COC12NC(=O)NC(=O)C1(OC)N(C)C(=O)N2. The second-order valence-electron chi connectivity index (χ2n) is 3.63. The molecule has 2 unspecified atom stereocenters. The van der Waals surface area contributed by atoms with Crippen molar-refractivity contribution in [1.82, 2.24) is 20.9 Å². The average Bonchev–Trinajstić information content (AvgIpc) is 2.49. The lowest BCUT2D eigenvalue weighted by molar-refractivity contribution is -0.230. The predicted molar refractivity (Wildman–Crippen MR) is 52.4 cm³/mol. The summed E-state index contributed by atoms with van der Waals surface area (Å²) in [5, 5.41) is 6.73. The minimum atomic E-state index is -1.78. The van der Waals surface area contributed by atoms with Gasteiger partial charge < -0.3 is 9.47 Å². The summed E-state index contributed by atoms with van der Waals surface area (Å²) >= 11 is 0. The molecule has 0 aliphatic carbocycles. The van der Waals surface area contributed by atoms with Crippen molar-refractivity contribution >= 4 is 18.0 Å². The zero-order chi connectivity index (χ0) is 12.8. The van der Waals surface area contributed by atoms with Gasteiger partial charge in [0.05, 0.1) is 0 Å². The summed E-state index contributed by atoms with van der Waals surface area (Å²) in [6.07, 6.45) is 0. The Morgan fingerprint density at radius 1 is 1.12 bits per heavy atom. The summed E-state index contributed by atoms with van der Waals surface area (Å²) in [6.45, 7) is 0. The van der Waals surface area contributed by atoms with Gasteiger partial charge in [0.2, 0.25) is 0 Å². The normalized spacial score (nSPS) is 36.2. The summed E-state index contributed by atoms with van der Waals surface area (Å²) < 4.78 is 10.2. The van der Waals surface area contributed by atoms with E-state index >= 15 is 0 Å². The first-order valence-electron chi connectivity index (χ1n) is 4.73. The Morgan fingerprint density at radius 2 is 1.76 bits per heavy atom. The summed E-state index contributed by atoms with van der Waals surface area (Å²) in [4.78, 5) is 35.9. The number of carbonyl (C=O) groups excluding carboxylic acids is 3. The lowest BCUT2D eigenvalue weighted by atomic mass is 10.0. The average molecular weight is 244 g/mol. The topological polar surface area (TPSA) is 109 Å². The van der Waals surface area contributed by atoms with Gasteiger partial charge in [0.15, 0.2) is 0 Å². The molecule has 2 rings (SSSR count). The molecule has 17 heavy (non-hydrogen) atoms. The number of hydrogen-bond acceptors (Lipinski definition) is 5. The second-order valence-corrected chi connectivity index (χ2v) is 3.63. The molecule has 2 aliphatic rings. The van der Waals surface area contributed by atoms with Crippen molar-refractivity contribution in [2.45, 2.75) is 11.6 Å². The molecule has 0 aromatic carbocycles. The molecule has 3 N–H and O–H groups in total. The van der Waals surface area contributed by atoms with Gasteiger partial charge in [0.1, 0.15) is 0 Å². The minimum Gasteiger partial charge on any atom is -0.345 e. The first-order chi connectivity index (χ1) is 7.93. The number of amides is 5. The molecule has 5 amide bonds. The van der Waals surface area contributed by atoms with Crippen LogP contribution < -0.4 is 16.0 Å². The molecule has 0 aromatic rings. The lowest BCUT2D eigenvalue weighted by Crippen LogP contribution is -2.81. The third kappa shape index (κ3) is 1.12. The monoisotopic (exact) mass is 244 g/mol. The van der Waals surface area contributed by atoms with Crippen molar-refractivity contribution < 1.29 is 23.9 Å². The number of rotatable bonds is 2. The summed E-state index contributed by atoms with van der Waals surface area (Å²) in [7, 11) is 3.84. The Kier molecular flexibility index (Phi) is 2.26. The van der Waals surface area contributed by atoms with E-state index in [9.17, 15) is 14.4 Å². The number of carbonyl (C=O) groups is 3. The van der Waals surface area contributed by atoms with E-state index in [0.29, 0.717) is 0 Å². The first-order valence-corrected chi connectivity index (χ1v) is 4.73. The molecule has 2 atom stereocenters. The van der Waals surface area contributed by atoms with Crippen LogP contribution in [0.15, 0.2) is 0 Å². The number of urea groups is 2. The number of ether oxygens (including phenoxy) is 2. The van der Waals surface area contributed by atoms with Gasteiger partial charge in [-0.15, -0.1) is 0 Å². The quantitative estimate of drug-likeness (QED) is 0.527. The van der Waals surface area contributed by atoms with Crippen LogP contribution >= 0.6 is 0 Å². The van der Waals surface area contributed by atoms with Gasteiger partial charge in [-0.3, -0.25) is 25.6 Å². The molecule has 9 nitrogen and oxygen atoms in total. The van der Waals surface area contributed by atoms with Crippen molar-refractivity contribution in [3.8, 4) is 0 Å². The molecule has 9 heteroatoms. The molecule has 0 radical (unpaired) electrons. The van der Waals surface area contributed by atoms with Gasteiger partial charge in [-0.2, -0.15) is 0 Å². The van der Waals surface area contributed by atoms with Crippen molar-refractivity contribution in [2.24, 2.45) is 0 Å². The number of hydrogen-bond donors (Lipinski definition) is 3. The molecule has 0 saturated carbocycles. The van der Waals surface area contributed by atoms with Gasteiger partial charge in [-0.1, -0.05) is 0 Å². The maximum Gasteiger partial charge on any atom is 0.325 e. The van der Waals surface area contributed by atoms with E-state index < -0.39 is 29.5 Å². The largest absolute Gasteiger partial charge is 0.345 e. The highest BCUT2D eigenvalue weighted by Crippen LogP contribution is 2.35. The van der Waals surface area contributed by atoms with Gasteiger partial charge in [0.25, 0.3) is 17.5 Å². The Bertz CT molecular complexity index is 409. The van der Waals surface area contributed by atoms with Crippen LogP contribution in [0.3, 0.4) is 0 Å². The highest BCUT2D eigenvalue weighted by Gasteiger charge is 2.72. The second kappa shape index (κ2) is 3.31. The third-order valence-corrected chi connectivity index (χ3v) is 2.96. The van der Waals surface area contributed by atoms with Crippen LogP contribution in [-0.4, -0.2) is 55.7 Å². The summed E-state index contributed by atoms with van der Waals surface area (Å²) in [5.41, 5.74) is -1.78. The van der Waals surface area contributed by atoms with E-state index in [0.717, 1.165) is 4.90 Å². The van der Waals surface area contributed by atoms with Crippen LogP contribution in [0.4, 0.5) is 9.59 Å².